The second-order valence-electron chi connectivity index (χ2n) is 4.16. The van der Waals surface area contributed by atoms with Crippen molar-refractivity contribution in [3.05, 3.63) is 60.4 Å². The predicted octanol–water partition coefficient (Wildman–Crippen LogP) is 3.44. The van der Waals surface area contributed by atoms with E-state index in [2.05, 4.69) is 48.5 Å². The summed E-state index contributed by atoms with van der Waals surface area (Å²) in [6.07, 6.45) is 3.80. The highest BCUT2D eigenvalue weighted by atomic mass is 16.7. The van der Waals surface area contributed by atoms with Crippen molar-refractivity contribution in [2.75, 3.05) is 13.4 Å². The molecule has 0 saturated heterocycles. The number of hydrogen-bond acceptors (Lipinski definition) is 2. The van der Waals surface area contributed by atoms with Gasteiger partial charge in [0.1, 0.15) is 0 Å². The van der Waals surface area contributed by atoms with E-state index in [-0.39, 0.29) is 5.92 Å². The molecule has 3 rings (SSSR count). The molecule has 0 amide bonds. The van der Waals surface area contributed by atoms with Crippen LogP contribution in [-0.2, 0) is 9.47 Å². The minimum Gasteiger partial charge on any atom is -0.475 e. The molecule has 0 saturated carbocycles. The van der Waals surface area contributed by atoms with E-state index in [1.807, 2.05) is 0 Å². The molecule has 86 valence electrons. The molecule has 17 heavy (non-hydrogen) atoms. The van der Waals surface area contributed by atoms with E-state index in [0.29, 0.717) is 13.4 Å². The molecular weight excluding hydrogens is 212 g/mol. The molecule has 2 aromatic rings. The highest BCUT2D eigenvalue weighted by Gasteiger charge is 2.13. The Morgan fingerprint density at radius 3 is 2.88 bits per heavy atom. The maximum absolute atomic E-state index is 5.43. The summed E-state index contributed by atoms with van der Waals surface area (Å²) >= 11 is 0. The van der Waals surface area contributed by atoms with E-state index >= 15 is 0 Å². The molecule has 0 aromatic heterocycles. The highest BCUT2D eigenvalue weighted by Crippen LogP contribution is 2.27. The lowest BCUT2D eigenvalue weighted by atomic mass is 9.94. The fraction of sp³-hybridized carbons (Fsp3) is 0.200. The van der Waals surface area contributed by atoms with E-state index in [9.17, 15) is 0 Å². The van der Waals surface area contributed by atoms with Gasteiger partial charge in [0.25, 0.3) is 0 Å². The molecule has 0 aliphatic carbocycles. The zero-order chi connectivity index (χ0) is 11.5. The molecule has 1 aliphatic heterocycles. The first-order chi connectivity index (χ1) is 8.45. The average molecular weight is 226 g/mol. The lowest BCUT2D eigenvalue weighted by molar-refractivity contribution is -0.00467. The van der Waals surface area contributed by atoms with Crippen molar-refractivity contribution >= 4 is 10.8 Å². The van der Waals surface area contributed by atoms with Gasteiger partial charge in [0, 0.05) is 5.92 Å². The maximum atomic E-state index is 5.43. The van der Waals surface area contributed by atoms with Gasteiger partial charge in [0.15, 0.2) is 6.79 Å². The quantitative estimate of drug-likeness (QED) is 0.741. The molecule has 0 fully saturated rings. The third-order valence-corrected chi connectivity index (χ3v) is 3.08. The molecule has 2 heteroatoms. The highest BCUT2D eigenvalue weighted by molar-refractivity contribution is 5.86. The molecule has 2 nitrogen and oxygen atoms in total. The Bertz CT molecular complexity index is 540. The molecule has 1 aliphatic rings. The van der Waals surface area contributed by atoms with Crippen LogP contribution in [0.4, 0.5) is 0 Å². The Labute approximate surface area is 100 Å². The van der Waals surface area contributed by atoms with Gasteiger partial charge in [-0.1, -0.05) is 42.5 Å². The van der Waals surface area contributed by atoms with Crippen LogP contribution in [0.3, 0.4) is 0 Å². The average Bonchev–Trinajstić information content (AvgIpc) is 2.67. The topological polar surface area (TPSA) is 18.5 Å². The fourth-order valence-corrected chi connectivity index (χ4v) is 2.24. The van der Waals surface area contributed by atoms with Gasteiger partial charge in [-0.15, -0.1) is 0 Å². The first kappa shape index (κ1) is 10.4. The van der Waals surface area contributed by atoms with Gasteiger partial charge in [-0.25, -0.2) is 0 Å². The summed E-state index contributed by atoms with van der Waals surface area (Å²) in [5.41, 5.74) is 1.30. The lowest BCUT2D eigenvalue weighted by Gasteiger charge is -2.13. The third-order valence-electron chi connectivity index (χ3n) is 3.08. The molecular formula is C15H14O2. The summed E-state index contributed by atoms with van der Waals surface area (Å²) in [4.78, 5) is 0. The largest absolute Gasteiger partial charge is 0.475 e. The van der Waals surface area contributed by atoms with Gasteiger partial charge >= 0.3 is 0 Å². The van der Waals surface area contributed by atoms with Crippen molar-refractivity contribution < 1.29 is 9.47 Å². The first-order valence-corrected chi connectivity index (χ1v) is 5.79. The van der Waals surface area contributed by atoms with Gasteiger partial charge in [-0.2, -0.15) is 0 Å². The number of benzene rings is 2. The van der Waals surface area contributed by atoms with Gasteiger partial charge in [-0.3, -0.25) is 0 Å². The van der Waals surface area contributed by atoms with Gasteiger partial charge in [-0.05, 0) is 22.4 Å². The Morgan fingerprint density at radius 2 is 1.88 bits per heavy atom. The second-order valence-corrected chi connectivity index (χ2v) is 4.16. The lowest BCUT2D eigenvalue weighted by Crippen LogP contribution is -2.04. The van der Waals surface area contributed by atoms with Crippen molar-refractivity contribution in [1.82, 2.24) is 0 Å². The Morgan fingerprint density at radius 1 is 1.00 bits per heavy atom. The molecule has 0 unspecified atom stereocenters. The van der Waals surface area contributed by atoms with E-state index in [1.165, 1.54) is 16.3 Å². The fourth-order valence-electron chi connectivity index (χ4n) is 2.24. The normalized spacial score (nSPS) is 19.9. The summed E-state index contributed by atoms with van der Waals surface area (Å²) in [6.45, 7) is 1.02. The van der Waals surface area contributed by atoms with Crippen LogP contribution < -0.4 is 0 Å². The molecule has 0 spiro atoms. The van der Waals surface area contributed by atoms with E-state index in [1.54, 1.807) is 6.26 Å². The summed E-state index contributed by atoms with van der Waals surface area (Å²) in [5, 5.41) is 2.55. The standard InChI is InChI=1S/C15H14O2/c1-2-6-14-12(4-1)5-3-7-15(14)13-8-9-16-11-17-10-13/h1-9,13H,10-11H2/t13-/m1/s1. The zero-order valence-electron chi connectivity index (χ0n) is 9.50. The molecule has 1 heterocycles. The van der Waals surface area contributed by atoms with E-state index in [0.717, 1.165) is 0 Å². The monoisotopic (exact) mass is 226 g/mol. The van der Waals surface area contributed by atoms with Crippen LogP contribution in [0.1, 0.15) is 11.5 Å². The second kappa shape index (κ2) is 4.60. The molecule has 0 bridgehead atoms. The molecule has 0 radical (unpaired) electrons. The van der Waals surface area contributed by atoms with Crippen LogP contribution in [-0.4, -0.2) is 13.4 Å². The molecule has 0 N–H and O–H groups in total. The van der Waals surface area contributed by atoms with Crippen molar-refractivity contribution in [2.45, 2.75) is 5.92 Å². The van der Waals surface area contributed by atoms with E-state index < -0.39 is 0 Å². The van der Waals surface area contributed by atoms with Crippen LogP contribution >= 0.6 is 0 Å². The number of fused-ring (bicyclic) bond motifs is 1. The van der Waals surface area contributed by atoms with Crippen LogP contribution in [0.15, 0.2) is 54.8 Å². The van der Waals surface area contributed by atoms with Gasteiger partial charge in [0.05, 0.1) is 12.9 Å². The first-order valence-electron chi connectivity index (χ1n) is 5.79. The summed E-state index contributed by atoms with van der Waals surface area (Å²) in [5.74, 6) is 0.267. The van der Waals surface area contributed by atoms with Crippen molar-refractivity contribution in [2.24, 2.45) is 0 Å². The molecule has 1 atom stereocenters. The predicted molar refractivity (Wildman–Crippen MR) is 67.7 cm³/mol. The van der Waals surface area contributed by atoms with Crippen molar-refractivity contribution in [3.8, 4) is 0 Å². The summed E-state index contributed by atoms with van der Waals surface area (Å²) in [7, 11) is 0. The number of hydrogen-bond donors (Lipinski definition) is 0. The van der Waals surface area contributed by atoms with E-state index in [4.69, 9.17) is 9.47 Å². The number of ether oxygens (including phenoxy) is 2. The Balaban J connectivity index is 2.09. The van der Waals surface area contributed by atoms with Gasteiger partial charge < -0.3 is 9.47 Å². The molecule has 2 aromatic carbocycles. The van der Waals surface area contributed by atoms with Gasteiger partial charge in [0.2, 0.25) is 0 Å². The minimum absolute atomic E-state index is 0.267. The van der Waals surface area contributed by atoms with Crippen molar-refractivity contribution in [3.63, 3.8) is 0 Å². The minimum atomic E-state index is 0.267. The van der Waals surface area contributed by atoms with Crippen molar-refractivity contribution in [1.29, 1.82) is 0 Å². The third kappa shape index (κ3) is 2.04. The Hall–Kier alpha value is -1.80. The maximum Gasteiger partial charge on any atom is 0.188 e. The van der Waals surface area contributed by atoms with Crippen LogP contribution in [0.5, 0.6) is 0 Å². The summed E-state index contributed by atoms with van der Waals surface area (Å²) in [6, 6.07) is 14.8. The summed E-state index contributed by atoms with van der Waals surface area (Å²) < 4.78 is 10.6. The zero-order valence-corrected chi connectivity index (χ0v) is 9.50. The Kier molecular flexibility index (Phi) is 2.80. The number of rotatable bonds is 1. The smallest absolute Gasteiger partial charge is 0.188 e. The van der Waals surface area contributed by atoms with Crippen LogP contribution in [0.25, 0.3) is 10.8 Å². The SMILES string of the molecule is C1=C[C@@H](c2cccc3ccccc23)COCO1. The van der Waals surface area contributed by atoms with Crippen LogP contribution in [0.2, 0.25) is 0 Å². The van der Waals surface area contributed by atoms with Crippen LogP contribution in [0, 0.1) is 0 Å².